The molecule has 0 heterocycles. The van der Waals surface area contributed by atoms with Crippen LogP contribution in [0, 0.1) is 0 Å². The molecule has 20 heavy (non-hydrogen) atoms. The Labute approximate surface area is 122 Å². The lowest BCUT2D eigenvalue weighted by atomic mass is 10.0. The van der Waals surface area contributed by atoms with Crippen molar-refractivity contribution < 1.29 is 0 Å². The molecule has 106 valence electrons. The highest BCUT2D eigenvalue weighted by Gasteiger charge is 2.17. The fourth-order valence-corrected chi connectivity index (χ4v) is 2.56. The lowest BCUT2D eigenvalue weighted by Gasteiger charge is -2.30. The van der Waals surface area contributed by atoms with Gasteiger partial charge in [-0.15, -0.1) is 0 Å². The minimum absolute atomic E-state index is 0.330. The predicted octanol–water partition coefficient (Wildman–Crippen LogP) is 3.42. The van der Waals surface area contributed by atoms with Crippen LogP contribution in [0.25, 0.3) is 0 Å². The van der Waals surface area contributed by atoms with E-state index in [1.165, 1.54) is 11.1 Å². The second-order valence-electron chi connectivity index (χ2n) is 5.52. The Kier molecular flexibility index (Phi) is 5.33. The van der Waals surface area contributed by atoms with Gasteiger partial charge in [-0.3, -0.25) is 5.84 Å². The summed E-state index contributed by atoms with van der Waals surface area (Å²) in [5, 5.41) is 1.99. The van der Waals surface area contributed by atoms with Crippen LogP contribution in [-0.4, -0.2) is 17.1 Å². The molecule has 0 aliphatic heterocycles. The van der Waals surface area contributed by atoms with Gasteiger partial charge in [-0.25, -0.2) is 5.01 Å². The predicted molar refractivity (Wildman–Crippen MR) is 85.2 cm³/mol. The molecule has 2 rings (SSSR count). The fourth-order valence-electron chi connectivity index (χ4n) is 2.56. The van der Waals surface area contributed by atoms with Gasteiger partial charge in [0.25, 0.3) is 0 Å². The first-order valence-corrected chi connectivity index (χ1v) is 7.27. The number of hydrogen-bond donors (Lipinski definition) is 1. The topological polar surface area (TPSA) is 29.3 Å². The van der Waals surface area contributed by atoms with E-state index >= 15 is 0 Å². The Morgan fingerprint density at radius 2 is 1.10 bits per heavy atom. The van der Waals surface area contributed by atoms with E-state index in [-0.39, 0.29) is 0 Å². The molecule has 0 unspecified atom stereocenters. The van der Waals surface area contributed by atoms with E-state index in [2.05, 4.69) is 62.4 Å². The van der Waals surface area contributed by atoms with E-state index in [1.807, 2.05) is 17.1 Å². The highest BCUT2D eigenvalue weighted by atomic mass is 15.4. The lowest BCUT2D eigenvalue weighted by molar-refractivity contribution is 0.154. The van der Waals surface area contributed by atoms with E-state index in [9.17, 15) is 0 Å². The van der Waals surface area contributed by atoms with Gasteiger partial charge in [-0.2, -0.15) is 0 Å². The molecule has 0 spiro atoms. The van der Waals surface area contributed by atoms with Crippen LogP contribution in [-0.2, 0) is 12.8 Å². The van der Waals surface area contributed by atoms with Crippen LogP contribution in [0.5, 0.6) is 0 Å². The first-order valence-electron chi connectivity index (χ1n) is 7.27. The molecule has 0 aliphatic carbocycles. The molecular formula is C18H24N2. The molecule has 0 fully saturated rings. The SMILES string of the molecule is C[C@H](Cc1ccccc1)N(N)[C@H](C)Cc1ccccc1. The lowest BCUT2D eigenvalue weighted by Crippen LogP contribution is -2.47. The van der Waals surface area contributed by atoms with Crippen molar-refractivity contribution in [3.8, 4) is 0 Å². The maximum Gasteiger partial charge on any atom is 0.0256 e. The summed E-state index contributed by atoms with van der Waals surface area (Å²) in [6.45, 7) is 4.38. The molecule has 2 aromatic rings. The average molecular weight is 268 g/mol. The fraction of sp³-hybridized carbons (Fsp3) is 0.333. The van der Waals surface area contributed by atoms with Gasteiger partial charge in [-0.05, 0) is 37.8 Å². The van der Waals surface area contributed by atoms with Gasteiger partial charge in [0.2, 0.25) is 0 Å². The van der Waals surface area contributed by atoms with E-state index in [1.54, 1.807) is 0 Å². The summed E-state index contributed by atoms with van der Waals surface area (Å²) in [5.74, 6) is 6.29. The van der Waals surface area contributed by atoms with Crippen molar-refractivity contribution in [2.75, 3.05) is 0 Å². The summed E-state index contributed by atoms with van der Waals surface area (Å²) < 4.78 is 0. The average Bonchev–Trinajstić information content (AvgIpc) is 2.48. The molecule has 2 N–H and O–H groups in total. The smallest absolute Gasteiger partial charge is 0.0256 e. The van der Waals surface area contributed by atoms with Crippen molar-refractivity contribution in [2.24, 2.45) is 5.84 Å². The molecule has 0 saturated carbocycles. The first-order chi connectivity index (χ1) is 9.66. The Morgan fingerprint density at radius 3 is 1.45 bits per heavy atom. The number of nitrogens with zero attached hydrogens (tertiary/aromatic N) is 1. The summed E-state index contributed by atoms with van der Waals surface area (Å²) >= 11 is 0. The van der Waals surface area contributed by atoms with Crippen molar-refractivity contribution in [2.45, 2.75) is 38.8 Å². The molecule has 0 bridgehead atoms. The van der Waals surface area contributed by atoms with Gasteiger partial charge in [0, 0.05) is 12.1 Å². The minimum atomic E-state index is 0.330. The van der Waals surface area contributed by atoms with Gasteiger partial charge >= 0.3 is 0 Å². The molecule has 2 atom stereocenters. The summed E-state index contributed by atoms with van der Waals surface area (Å²) in [7, 11) is 0. The Balaban J connectivity index is 1.91. The van der Waals surface area contributed by atoms with Gasteiger partial charge in [0.15, 0.2) is 0 Å². The maximum atomic E-state index is 6.29. The number of hydrazine groups is 1. The molecule has 2 nitrogen and oxygen atoms in total. The van der Waals surface area contributed by atoms with E-state index < -0.39 is 0 Å². The number of nitrogens with two attached hydrogens (primary N) is 1. The zero-order valence-corrected chi connectivity index (χ0v) is 12.4. The highest BCUT2D eigenvalue weighted by Crippen LogP contribution is 2.12. The van der Waals surface area contributed by atoms with E-state index in [4.69, 9.17) is 5.84 Å². The second kappa shape index (κ2) is 7.22. The van der Waals surface area contributed by atoms with Crippen molar-refractivity contribution in [3.63, 3.8) is 0 Å². The number of hydrogen-bond acceptors (Lipinski definition) is 2. The third-order valence-electron chi connectivity index (χ3n) is 3.77. The minimum Gasteiger partial charge on any atom is -0.268 e. The third-order valence-corrected chi connectivity index (χ3v) is 3.77. The summed E-state index contributed by atoms with van der Waals surface area (Å²) in [6.07, 6.45) is 1.97. The van der Waals surface area contributed by atoms with Crippen LogP contribution in [0.1, 0.15) is 25.0 Å². The van der Waals surface area contributed by atoms with Crippen molar-refractivity contribution in [3.05, 3.63) is 71.8 Å². The molecular weight excluding hydrogens is 244 g/mol. The van der Waals surface area contributed by atoms with Crippen LogP contribution in [0.2, 0.25) is 0 Å². The van der Waals surface area contributed by atoms with E-state index in [0.717, 1.165) is 12.8 Å². The monoisotopic (exact) mass is 268 g/mol. The first kappa shape index (κ1) is 14.8. The van der Waals surface area contributed by atoms with Gasteiger partial charge in [0.1, 0.15) is 0 Å². The number of rotatable bonds is 6. The maximum absolute atomic E-state index is 6.29. The molecule has 0 radical (unpaired) electrons. The summed E-state index contributed by atoms with van der Waals surface area (Å²) in [5.41, 5.74) is 2.67. The standard InChI is InChI=1S/C18H24N2/c1-15(13-17-9-5-3-6-10-17)20(19)16(2)14-18-11-7-4-8-12-18/h3-12,15-16H,13-14,19H2,1-2H3/t15-,16-/m1/s1. The number of benzene rings is 2. The van der Waals surface area contributed by atoms with Crippen molar-refractivity contribution >= 4 is 0 Å². The van der Waals surface area contributed by atoms with Crippen molar-refractivity contribution in [1.29, 1.82) is 0 Å². The third kappa shape index (κ3) is 4.19. The van der Waals surface area contributed by atoms with Crippen LogP contribution in [0.4, 0.5) is 0 Å². The van der Waals surface area contributed by atoms with Gasteiger partial charge in [0.05, 0.1) is 0 Å². The Morgan fingerprint density at radius 1 is 0.750 bits per heavy atom. The zero-order valence-electron chi connectivity index (χ0n) is 12.4. The van der Waals surface area contributed by atoms with Gasteiger partial charge in [-0.1, -0.05) is 60.7 Å². The second-order valence-corrected chi connectivity index (χ2v) is 5.52. The molecule has 0 aromatic heterocycles. The van der Waals surface area contributed by atoms with Crippen LogP contribution >= 0.6 is 0 Å². The van der Waals surface area contributed by atoms with E-state index in [0.29, 0.717) is 12.1 Å². The molecule has 0 amide bonds. The summed E-state index contributed by atoms with van der Waals surface area (Å²) in [4.78, 5) is 0. The van der Waals surface area contributed by atoms with Crippen molar-refractivity contribution in [1.82, 2.24) is 5.01 Å². The zero-order chi connectivity index (χ0) is 14.4. The molecule has 0 aliphatic rings. The van der Waals surface area contributed by atoms with Crippen LogP contribution in [0.15, 0.2) is 60.7 Å². The Hall–Kier alpha value is -1.64. The molecule has 2 aromatic carbocycles. The molecule has 2 heteroatoms. The molecule has 0 saturated heterocycles. The highest BCUT2D eigenvalue weighted by molar-refractivity contribution is 5.17. The summed E-state index contributed by atoms with van der Waals surface area (Å²) in [6, 6.07) is 21.7. The van der Waals surface area contributed by atoms with Crippen LogP contribution in [0.3, 0.4) is 0 Å². The quantitative estimate of drug-likeness (QED) is 0.642. The largest absolute Gasteiger partial charge is 0.268 e. The van der Waals surface area contributed by atoms with Gasteiger partial charge < -0.3 is 0 Å². The Bertz CT molecular complexity index is 448. The normalized spacial score (nSPS) is 14.2. The van der Waals surface area contributed by atoms with Crippen LogP contribution < -0.4 is 5.84 Å².